The highest BCUT2D eigenvalue weighted by Gasteiger charge is 2.52. The van der Waals surface area contributed by atoms with Crippen molar-refractivity contribution < 1.29 is 27.7 Å². The summed E-state index contributed by atoms with van der Waals surface area (Å²) in [5, 5.41) is 2.83. The van der Waals surface area contributed by atoms with Crippen LogP contribution in [0.3, 0.4) is 0 Å². The number of alkyl halides is 3. The highest BCUT2D eigenvalue weighted by Crippen LogP contribution is 2.32. The second-order valence-electron chi connectivity index (χ2n) is 7.27. The summed E-state index contributed by atoms with van der Waals surface area (Å²) in [6.45, 7) is 2.33. The molecule has 0 saturated carbocycles. The third-order valence-corrected chi connectivity index (χ3v) is 5.19. The first kappa shape index (κ1) is 20.9. The predicted octanol–water partition coefficient (Wildman–Crippen LogP) is 2.53. The van der Waals surface area contributed by atoms with Crippen LogP contribution in [0, 0.1) is 0 Å². The summed E-state index contributed by atoms with van der Waals surface area (Å²) in [5.41, 5.74) is -0.382. The fourth-order valence-electron chi connectivity index (χ4n) is 3.62. The summed E-state index contributed by atoms with van der Waals surface area (Å²) in [7, 11) is 1.78. The molecule has 154 valence electrons. The third kappa shape index (κ3) is 4.12. The van der Waals surface area contributed by atoms with Crippen LogP contribution >= 0.6 is 0 Å². The lowest BCUT2D eigenvalue weighted by molar-refractivity contribution is -0.901. The lowest BCUT2D eigenvalue weighted by atomic mass is 9.87. The average molecular weight is 406 g/mol. The summed E-state index contributed by atoms with van der Waals surface area (Å²) < 4.78 is 38.1. The Morgan fingerprint density at radius 1 is 1.03 bits per heavy atom. The van der Waals surface area contributed by atoms with E-state index in [0.717, 1.165) is 22.6 Å². The molecule has 0 spiro atoms. The second-order valence-corrected chi connectivity index (χ2v) is 7.27. The van der Waals surface area contributed by atoms with Crippen molar-refractivity contribution in [2.45, 2.75) is 31.6 Å². The van der Waals surface area contributed by atoms with Crippen LogP contribution < -0.4 is 10.2 Å². The van der Waals surface area contributed by atoms with Crippen molar-refractivity contribution in [2.24, 2.45) is 0 Å². The molecule has 1 aliphatic rings. The maximum atomic E-state index is 13.1. The standard InChI is InChI=1S/C21H22F3N3O2/c1-3-20(16-7-5-4-6-8-16)18(28)27(19(29)25-20)14-26(2)13-15-9-11-17(12-10-15)21(22,23)24/h4-12H,3,13-14H2,1-2H3,(H,25,29)/p+1/t20-/m0/s1. The zero-order valence-corrected chi connectivity index (χ0v) is 16.2. The van der Waals surface area contributed by atoms with E-state index < -0.39 is 23.3 Å². The Morgan fingerprint density at radius 2 is 1.66 bits per heavy atom. The molecule has 0 radical (unpaired) electrons. The molecule has 1 fully saturated rings. The molecule has 29 heavy (non-hydrogen) atoms. The molecule has 2 aromatic carbocycles. The van der Waals surface area contributed by atoms with Crippen LogP contribution in [0.5, 0.6) is 0 Å². The van der Waals surface area contributed by atoms with Crippen LogP contribution in [0.2, 0.25) is 0 Å². The van der Waals surface area contributed by atoms with E-state index in [2.05, 4.69) is 5.32 Å². The molecule has 1 heterocycles. The van der Waals surface area contributed by atoms with Crippen LogP contribution in [0.25, 0.3) is 0 Å². The van der Waals surface area contributed by atoms with E-state index in [-0.39, 0.29) is 12.6 Å². The van der Waals surface area contributed by atoms with Crippen molar-refractivity contribution in [2.75, 3.05) is 13.7 Å². The minimum absolute atomic E-state index is 0.111. The van der Waals surface area contributed by atoms with Gasteiger partial charge in [0.25, 0.3) is 5.91 Å². The Labute approximate surface area is 167 Å². The Balaban J connectivity index is 1.71. The Bertz CT molecular complexity index is 884. The highest BCUT2D eigenvalue weighted by atomic mass is 19.4. The van der Waals surface area contributed by atoms with Gasteiger partial charge in [-0.25, -0.2) is 9.69 Å². The Morgan fingerprint density at radius 3 is 2.21 bits per heavy atom. The summed E-state index contributed by atoms with van der Waals surface area (Å²) >= 11 is 0. The molecule has 3 amide bonds. The van der Waals surface area contributed by atoms with E-state index in [1.165, 1.54) is 17.0 Å². The number of benzene rings is 2. The average Bonchev–Trinajstić information content (AvgIpc) is 2.93. The molecule has 3 rings (SSSR count). The van der Waals surface area contributed by atoms with Crippen molar-refractivity contribution >= 4 is 11.9 Å². The topological polar surface area (TPSA) is 53.9 Å². The van der Waals surface area contributed by atoms with Crippen LogP contribution in [0.1, 0.15) is 30.0 Å². The molecule has 2 aromatic rings. The van der Waals surface area contributed by atoms with Gasteiger partial charge in [-0.3, -0.25) is 4.79 Å². The van der Waals surface area contributed by atoms with Gasteiger partial charge in [-0.15, -0.1) is 0 Å². The molecular formula is C21H23F3N3O2+. The summed E-state index contributed by atoms with van der Waals surface area (Å²) in [6.07, 6.45) is -3.96. The van der Waals surface area contributed by atoms with Crippen LogP contribution in [0.15, 0.2) is 54.6 Å². The zero-order valence-electron chi connectivity index (χ0n) is 16.2. The number of nitrogens with one attached hydrogen (secondary N) is 2. The number of halogens is 3. The van der Waals surface area contributed by atoms with Crippen LogP contribution in [-0.2, 0) is 23.1 Å². The number of carbonyl (C=O) groups excluding carboxylic acids is 2. The monoisotopic (exact) mass is 406 g/mol. The fourth-order valence-corrected chi connectivity index (χ4v) is 3.62. The van der Waals surface area contributed by atoms with Gasteiger partial charge in [0.1, 0.15) is 12.1 Å². The SMILES string of the molecule is CC[C@@]1(c2ccccc2)NC(=O)N(C[NH+](C)Cc2ccc(C(F)(F)F)cc2)C1=O. The van der Waals surface area contributed by atoms with Crippen molar-refractivity contribution in [1.82, 2.24) is 10.2 Å². The second kappa shape index (κ2) is 7.87. The lowest BCUT2D eigenvalue weighted by Crippen LogP contribution is -3.09. The minimum atomic E-state index is -4.38. The summed E-state index contributed by atoms with van der Waals surface area (Å²) in [5.74, 6) is -0.317. The van der Waals surface area contributed by atoms with E-state index in [4.69, 9.17) is 0 Å². The number of nitrogens with zero attached hydrogens (tertiary/aromatic N) is 1. The number of amides is 3. The third-order valence-electron chi connectivity index (χ3n) is 5.19. The van der Waals surface area contributed by atoms with Gasteiger partial charge in [-0.05, 0) is 24.1 Å². The van der Waals surface area contributed by atoms with Crippen molar-refractivity contribution in [3.63, 3.8) is 0 Å². The van der Waals surface area contributed by atoms with Gasteiger partial charge in [-0.2, -0.15) is 13.2 Å². The minimum Gasteiger partial charge on any atom is -0.319 e. The number of urea groups is 1. The number of quaternary nitrogens is 1. The molecule has 1 saturated heterocycles. The van der Waals surface area contributed by atoms with E-state index in [9.17, 15) is 22.8 Å². The van der Waals surface area contributed by atoms with Gasteiger partial charge < -0.3 is 10.2 Å². The van der Waals surface area contributed by atoms with E-state index in [1.54, 1.807) is 7.05 Å². The van der Waals surface area contributed by atoms with Gasteiger partial charge in [0, 0.05) is 5.56 Å². The first-order chi connectivity index (χ1) is 13.7. The predicted molar refractivity (Wildman–Crippen MR) is 101 cm³/mol. The molecule has 0 aromatic heterocycles. The molecule has 8 heteroatoms. The summed E-state index contributed by atoms with van der Waals surface area (Å²) in [4.78, 5) is 27.6. The van der Waals surface area contributed by atoms with E-state index >= 15 is 0 Å². The van der Waals surface area contributed by atoms with Crippen LogP contribution in [0.4, 0.5) is 18.0 Å². The largest absolute Gasteiger partial charge is 0.416 e. The molecule has 1 aliphatic heterocycles. The van der Waals surface area contributed by atoms with Crippen molar-refractivity contribution in [3.8, 4) is 0 Å². The normalized spacial score (nSPS) is 20.7. The van der Waals surface area contributed by atoms with Gasteiger partial charge in [-0.1, -0.05) is 49.4 Å². The zero-order chi connectivity index (χ0) is 21.2. The van der Waals surface area contributed by atoms with E-state index in [1.807, 2.05) is 37.3 Å². The molecular weight excluding hydrogens is 383 g/mol. The van der Waals surface area contributed by atoms with Crippen molar-refractivity contribution in [1.29, 1.82) is 0 Å². The number of rotatable bonds is 6. The van der Waals surface area contributed by atoms with Gasteiger partial charge in [0.15, 0.2) is 6.67 Å². The van der Waals surface area contributed by atoms with Gasteiger partial charge in [0.05, 0.1) is 12.6 Å². The van der Waals surface area contributed by atoms with E-state index in [0.29, 0.717) is 18.5 Å². The maximum absolute atomic E-state index is 13.1. The lowest BCUT2D eigenvalue weighted by Gasteiger charge is -2.26. The maximum Gasteiger partial charge on any atom is 0.416 e. The molecule has 2 N–H and O–H groups in total. The quantitative estimate of drug-likeness (QED) is 0.725. The smallest absolute Gasteiger partial charge is 0.319 e. The Kier molecular flexibility index (Phi) is 5.66. The van der Waals surface area contributed by atoms with Gasteiger partial charge >= 0.3 is 12.2 Å². The Hall–Kier alpha value is -2.87. The molecule has 2 atom stereocenters. The first-order valence-corrected chi connectivity index (χ1v) is 9.34. The van der Waals surface area contributed by atoms with Gasteiger partial charge in [0.2, 0.25) is 0 Å². The molecule has 5 nitrogen and oxygen atoms in total. The fraction of sp³-hybridized carbons (Fsp3) is 0.333. The summed E-state index contributed by atoms with van der Waals surface area (Å²) in [6, 6.07) is 13.5. The number of hydrogen-bond donors (Lipinski definition) is 2. The van der Waals surface area contributed by atoms with Crippen molar-refractivity contribution in [3.05, 3.63) is 71.3 Å². The molecule has 0 aliphatic carbocycles. The number of carbonyl (C=O) groups is 2. The first-order valence-electron chi connectivity index (χ1n) is 9.34. The highest BCUT2D eigenvalue weighted by molar-refractivity contribution is 6.07. The number of imide groups is 1. The van der Waals surface area contributed by atoms with Crippen LogP contribution in [-0.4, -0.2) is 30.6 Å². The molecule has 0 bridgehead atoms. The number of hydrogen-bond acceptors (Lipinski definition) is 2. The molecule has 1 unspecified atom stereocenters.